The van der Waals surface area contributed by atoms with E-state index in [0.29, 0.717) is 22.4 Å². The zero-order valence-corrected chi connectivity index (χ0v) is 10.9. The molecule has 1 unspecified atom stereocenters. The van der Waals surface area contributed by atoms with Crippen molar-refractivity contribution in [3.05, 3.63) is 52.9 Å². The molecule has 0 aliphatic rings. The van der Waals surface area contributed by atoms with Gasteiger partial charge in [-0.15, -0.1) is 0 Å². The molecule has 0 saturated carbocycles. The van der Waals surface area contributed by atoms with Gasteiger partial charge in [-0.3, -0.25) is 5.84 Å². The van der Waals surface area contributed by atoms with Crippen LogP contribution in [0.1, 0.15) is 23.4 Å². The quantitative estimate of drug-likeness (QED) is 0.568. The van der Waals surface area contributed by atoms with Gasteiger partial charge in [0.15, 0.2) is 5.89 Å². The predicted molar refractivity (Wildman–Crippen MR) is 71.6 cm³/mol. The van der Waals surface area contributed by atoms with Crippen LogP contribution < -0.4 is 11.3 Å². The maximum atomic E-state index is 5.95. The van der Waals surface area contributed by atoms with Crippen molar-refractivity contribution in [1.29, 1.82) is 0 Å². The van der Waals surface area contributed by atoms with Gasteiger partial charge in [0.25, 0.3) is 0 Å². The van der Waals surface area contributed by atoms with E-state index in [1.807, 2.05) is 18.2 Å². The number of aryl methyl sites for hydroxylation is 1. The predicted octanol–water partition coefficient (Wildman–Crippen LogP) is 2.94. The first kappa shape index (κ1) is 12.2. The van der Waals surface area contributed by atoms with Gasteiger partial charge >= 0.3 is 0 Å². The molecule has 0 aliphatic heterocycles. The monoisotopic (exact) mass is 277 g/mol. The van der Waals surface area contributed by atoms with Crippen LogP contribution in [0, 0.1) is 6.92 Å². The first-order chi connectivity index (χ1) is 9.17. The summed E-state index contributed by atoms with van der Waals surface area (Å²) in [6.45, 7) is 1.77. The van der Waals surface area contributed by atoms with Gasteiger partial charge in [-0.2, -0.15) is 0 Å². The average Bonchev–Trinajstić information content (AvgIpc) is 2.96. The highest BCUT2D eigenvalue weighted by atomic mass is 35.5. The fourth-order valence-corrected chi connectivity index (χ4v) is 2.18. The number of aromatic nitrogens is 1. The fraction of sp³-hybridized carbons (Fsp3) is 0.154. The first-order valence-electron chi connectivity index (χ1n) is 5.74. The molecule has 6 heteroatoms. The number of oxazole rings is 1. The normalized spacial score (nSPS) is 13.0. The zero-order chi connectivity index (χ0) is 13.4. The molecule has 3 aromatic rings. The van der Waals surface area contributed by atoms with Crippen molar-refractivity contribution < 1.29 is 8.83 Å². The summed E-state index contributed by atoms with van der Waals surface area (Å²) < 4.78 is 10.9. The van der Waals surface area contributed by atoms with Crippen molar-refractivity contribution in [2.75, 3.05) is 0 Å². The molecule has 0 amide bonds. The van der Waals surface area contributed by atoms with Gasteiger partial charge in [-0.25, -0.2) is 10.4 Å². The zero-order valence-electron chi connectivity index (χ0n) is 10.2. The summed E-state index contributed by atoms with van der Waals surface area (Å²) >= 11 is 5.95. The maximum absolute atomic E-state index is 5.95. The van der Waals surface area contributed by atoms with Gasteiger partial charge in [0, 0.05) is 17.3 Å². The molecule has 2 aromatic heterocycles. The fourth-order valence-electron chi connectivity index (χ4n) is 2.00. The third-order valence-electron chi connectivity index (χ3n) is 2.88. The molecule has 0 bridgehead atoms. The number of halogens is 1. The van der Waals surface area contributed by atoms with E-state index in [1.165, 1.54) is 0 Å². The van der Waals surface area contributed by atoms with Crippen LogP contribution in [0.4, 0.5) is 0 Å². The molecule has 5 nitrogen and oxygen atoms in total. The van der Waals surface area contributed by atoms with E-state index in [9.17, 15) is 0 Å². The molecule has 0 saturated heterocycles. The minimum atomic E-state index is -0.358. The Morgan fingerprint density at radius 3 is 2.89 bits per heavy atom. The number of rotatable bonds is 3. The minimum absolute atomic E-state index is 0.358. The van der Waals surface area contributed by atoms with E-state index in [0.717, 1.165) is 11.0 Å². The van der Waals surface area contributed by atoms with Gasteiger partial charge < -0.3 is 8.83 Å². The average molecular weight is 278 g/mol. The van der Waals surface area contributed by atoms with E-state index >= 15 is 0 Å². The molecular formula is C13H12ClN3O2. The first-order valence-corrected chi connectivity index (χ1v) is 6.12. The topological polar surface area (TPSA) is 77.2 Å². The van der Waals surface area contributed by atoms with Gasteiger partial charge in [-0.1, -0.05) is 11.6 Å². The number of hydrazine groups is 1. The van der Waals surface area contributed by atoms with Gasteiger partial charge in [0.1, 0.15) is 29.3 Å². The minimum Gasteiger partial charge on any atom is -0.459 e. The summed E-state index contributed by atoms with van der Waals surface area (Å²) in [6.07, 6.45) is 1.56. The number of fused-ring (bicyclic) bond motifs is 1. The number of nitrogens with zero attached hydrogens (tertiary/aromatic N) is 1. The molecule has 1 aromatic carbocycles. The Hall–Kier alpha value is -1.82. The number of nitrogens with two attached hydrogens (primary N) is 1. The van der Waals surface area contributed by atoms with E-state index < -0.39 is 0 Å². The second-order valence-electron chi connectivity index (χ2n) is 4.22. The van der Waals surface area contributed by atoms with E-state index in [-0.39, 0.29) is 6.04 Å². The molecule has 0 fully saturated rings. The number of hydrogen-bond acceptors (Lipinski definition) is 5. The van der Waals surface area contributed by atoms with Gasteiger partial charge in [-0.05, 0) is 24.3 Å². The van der Waals surface area contributed by atoms with Crippen LogP contribution in [0.5, 0.6) is 0 Å². The Bertz CT molecular complexity index is 720. The maximum Gasteiger partial charge on any atom is 0.191 e. The highest BCUT2D eigenvalue weighted by Gasteiger charge is 2.20. The number of nitrogens with one attached hydrogen (secondary N) is 1. The molecule has 3 N–H and O–H groups in total. The second-order valence-corrected chi connectivity index (χ2v) is 4.66. The van der Waals surface area contributed by atoms with Crippen LogP contribution in [-0.4, -0.2) is 4.98 Å². The molecule has 0 spiro atoms. The summed E-state index contributed by atoms with van der Waals surface area (Å²) in [7, 11) is 0. The third-order valence-corrected chi connectivity index (χ3v) is 3.12. The Kier molecular flexibility index (Phi) is 3.02. The van der Waals surface area contributed by atoms with Crippen LogP contribution in [0.15, 0.2) is 39.4 Å². The lowest BCUT2D eigenvalue weighted by Gasteiger charge is -2.08. The largest absolute Gasteiger partial charge is 0.459 e. The molecule has 0 aliphatic carbocycles. The Labute approximate surface area is 114 Å². The Balaban J connectivity index is 2.06. The molecule has 1 atom stereocenters. The highest BCUT2D eigenvalue weighted by molar-refractivity contribution is 6.31. The molecule has 3 rings (SSSR count). The van der Waals surface area contributed by atoms with E-state index in [4.69, 9.17) is 26.3 Å². The van der Waals surface area contributed by atoms with Crippen LogP contribution in [0.25, 0.3) is 11.0 Å². The van der Waals surface area contributed by atoms with Crippen LogP contribution in [0.3, 0.4) is 0 Å². The molecule has 98 valence electrons. The number of furan rings is 1. The summed E-state index contributed by atoms with van der Waals surface area (Å²) in [5.41, 5.74) is 4.10. The Morgan fingerprint density at radius 2 is 2.21 bits per heavy atom. The molecule has 2 heterocycles. The summed E-state index contributed by atoms with van der Waals surface area (Å²) in [5.74, 6) is 6.82. The SMILES string of the molecule is Cc1nc(C(NN)c2cc3cc(Cl)ccc3o2)co1. The molecular weight excluding hydrogens is 266 g/mol. The van der Waals surface area contributed by atoms with Gasteiger partial charge in [0.2, 0.25) is 0 Å². The summed E-state index contributed by atoms with van der Waals surface area (Å²) in [4.78, 5) is 4.25. The third kappa shape index (κ3) is 2.23. The van der Waals surface area contributed by atoms with E-state index in [1.54, 1.807) is 19.3 Å². The number of benzene rings is 1. The van der Waals surface area contributed by atoms with Crippen molar-refractivity contribution in [3.8, 4) is 0 Å². The summed E-state index contributed by atoms with van der Waals surface area (Å²) in [5, 5.41) is 1.58. The highest BCUT2D eigenvalue weighted by Crippen LogP contribution is 2.29. The van der Waals surface area contributed by atoms with Crippen molar-refractivity contribution in [3.63, 3.8) is 0 Å². The van der Waals surface area contributed by atoms with Crippen molar-refractivity contribution in [1.82, 2.24) is 10.4 Å². The molecule has 19 heavy (non-hydrogen) atoms. The van der Waals surface area contributed by atoms with E-state index in [2.05, 4.69) is 10.4 Å². The lowest BCUT2D eigenvalue weighted by atomic mass is 10.1. The van der Waals surface area contributed by atoms with Crippen LogP contribution >= 0.6 is 11.6 Å². The van der Waals surface area contributed by atoms with Crippen molar-refractivity contribution in [2.45, 2.75) is 13.0 Å². The second kappa shape index (κ2) is 4.70. The molecule has 0 radical (unpaired) electrons. The Morgan fingerprint density at radius 1 is 1.37 bits per heavy atom. The standard InChI is InChI=1S/C13H12ClN3O2/c1-7-16-10(6-18-7)13(17-15)12-5-8-4-9(14)2-3-11(8)19-12/h2-6,13,17H,15H2,1H3. The lowest BCUT2D eigenvalue weighted by molar-refractivity contribution is 0.468. The van der Waals surface area contributed by atoms with Crippen LogP contribution in [0.2, 0.25) is 5.02 Å². The summed E-state index contributed by atoms with van der Waals surface area (Å²) in [6, 6.07) is 6.97. The smallest absolute Gasteiger partial charge is 0.191 e. The lowest BCUT2D eigenvalue weighted by Crippen LogP contribution is -2.28. The van der Waals surface area contributed by atoms with Crippen LogP contribution in [-0.2, 0) is 0 Å². The number of hydrogen-bond donors (Lipinski definition) is 2. The van der Waals surface area contributed by atoms with Crippen molar-refractivity contribution >= 4 is 22.6 Å². The van der Waals surface area contributed by atoms with Crippen molar-refractivity contribution in [2.24, 2.45) is 5.84 Å². The van der Waals surface area contributed by atoms with Gasteiger partial charge in [0.05, 0.1) is 0 Å².